The molecule has 0 saturated carbocycles. The first-order chi connectivity index (χ1) is 6.65. The van der Waals surface area contributed by atoms with Crippen molar-refractivity contribution in [2.24, 2.45) is 13.0 Å². The van der Waals surface area contributed by atoms with Crippen LogP contribution in [0.3, 0.4) is 0 Å². The van der Waals surface area contributed by atoms with Gasteiger partial charge in [0.05, 0.1) is 0 Å². The van der Waals surface area contributed by atoms with E-state index in [2.05, 4.69) is 29.2 Å². The second kappa shape index (κ2) is 5.00. The van der Waals surface area contributed by atoms with Crippen molar-refractivity contribution in [3.05, 3.63) is 12.4 Å². The number of hydrogen-bond acceptors (Lipinski definition) is 3. The van der Waals surface area contributed by atoms with Crippen molar-refractivity contribution >= 4 is 5.95 Å². The van der Waals surface area contributed by atoms with Gasteiger partial charge in [-0.05, 0) is 19.5 Å². The van der Waals surface area contributed by atoms with E-state index in [9.17, 15) is 0 Å². The van der Waals surface area contributed by atoms with Crippen molar-refractivity contribution in [2.45, 2.75) is 6.92 Å². The molecule has 80 valence electrons. The van der Waals surface area contributed by atoms with Crippen LogP contribution >= 0.6 is 0 Å². The molecular weight excluding hydrogens is 176 g/mol. The van der Waals surface area contributed by atoms with Crippen molar-refractivity contribution in [3.8, 4) is 0 Å². The molecule has 1 atom stereocenters. The van der Waals surface area contributed by atoms with E-state index in [4.69, 9.17) is 0 Å². The Balaban J connectivity index is 2.50. The van der Waals surface area contributed by atoms with Gasteiger partial charge in [-0.2, -0.15) is 0 Å². The highest BCUT2D eigenvalue weighted by Crippen LogP contribution is 2.09. The van der Waals surface area contributed by atoms with Crippen LogP contribution in [0.15, 0.2) is 12.4 Å². The largest absolute Gasteiger partial charge is 0.345 e. The monoisotopic (exact) mass is 196 g/mol. The molecule has 0 amide bonds. The maximum atomic E-state index is 4.30. The van der Waals surface area contributed by atoms with Crippen LogP contribution < -0.4 is 10.2 Å². The quantitative estimate of drug-likeness (QED) is 0.753. The first-order valence-corrected chi connectivity index (χ1v) is 4.98. The van der Waals surface area contributed by atoms with E-state index >= 15 is 0 Å². The zero-order chi connectivity index (χ0) is 10.6. The third-order valence-electron chi connectivity index (χ3n) is 2.28. The molecule has 1 N–H and O–H groups in total. The van der Waals surface area contributed by atoms with Gasteiger partial charge in [0.2, 0.25) is 5.95 Å². The van der Waals surface area contributed by atoms with Crippen molar-refractivity contribution in [1.82, 2.24) is 14.9 Å². The molecule has 0 aliphatic heterocycles. The third kappa shape index (κ3) is 2.73. The predicted molar refractivity (Wildman–Crippen MR) is 59.6 cm³/mol. The minimum atomic E-state index is 0.627. The number of nitrogens with zero attached hydrogens (tertiary/aromatic N) is 3. The number of hydrogen-bond donors (Lipinski definition) is 1. The van der Waals surface area contributed by atoms with Gasteiger partial charge in [-0.3, -0.25) is 0 Å². The lowest BCUT2D eigenvalue weighted by Crippen LogP contribution is -2.31. The van der Waals surface area contributed by atoms with Crippen LogP contribution in [0.5, 0.6) is 0 Å². The van der Waals surface area contributed by atoms with Gasteiger partial charge in [-0.25, -0.2) is 4.98 Å². The van der Waals surface area contributed by atoms with E-state index in [-0.39, 0.29) is 0 Å². The van der Waals surface area contributed by atoms with Crippen LogP contribution in [-0.4, -0.2) is 36.7 Å². The first-order valence-electron chi connectivity index (χ1n) is 4.98. The minimum Gasteiger partial charge on any atom is -0.345 e. The van der Waals surface area contributed by atoms with Gasteiger partial charge in [0.25, 0.3) is 0 Å². The average Bonchev–Trinajstić information content (AvgIpc) is 2.51. The van der Waals surface area contributed by atoms with Crippen LogP contribution in [0.4, 0.5) is 5.95 Å². The van der Waals surface area contributed by atoms with Crippen LogP contribution in [-0.2, 0) is 7.05 Å². The molecule has 1 rings (SSSR count). The molecule has 0 bridgehead atoms. The van der Waals surface area contributed by atoms with Crippen LogP contribution in [0, 0.1) is 5.92 Å². The molecule has 1 unspecified atom stereocenters. The highest BCUT2D eigenvalue weighted by Gasteiger charge is 2.09. The maximum absolute atomic E-state index is 4.30. The summed E-state index contributed by atoms with van der Waals surface area (Å²) in [6, 6.07) is 0. The molecule has 0 aliphatic rings. The molecule has 0 radical (unpaired) electrons. The second-order valence-corrected chi connectivity index (χ2v) is 3.88. The smallest absolute Gasteiger partial charge is 0.204 e. The van der Waals surface area contributed by atoms with Crippen molar-refractivity contribution in [3.63, 3.8) is 0 Å². The summed E-state index contributed by atoms with van der Waals surface area (Å²) in [5, 5.41) is 3.18. The average molecular weight is 196 g/mol. The van der Waals surface area contributed by atoms with Crippen LogP contribution in [0.2, 0.25) is 0 Å². The lowest BCUT2D eigenvalue weighted by atomic mass is 10.2. The SMILES string of the molecule is CNCC(C)CN(C)c1nccn1C. The van der Waals surface area contributed by atoms with E-state index < -0.39 is 0 Å². The van der Waals surface area contributed by atoms with Crippen LogP contribution in [0.1, 0.15) is 6.92 Å². The Kier molecular flexibility index (Phi) is 3.95. The van der Waals surface area contributed by atoms with E-state index in [1.807, 2.05) is 31.1 Å². The highest BCUT2D eigenvalue weighted by atomic mass is 15.3. The Morgan fingerprint density at radius 2 is 2.36 bits per heavy atom. The zero-order valence-electron chi connectivity index (χ0n) is 9.49. The maximum Gasteiger partial charge on any atom is 0.204 e. The number of anilines is 1. The molecule has 4 heteroatoms. The molecule has 1 aromatic heterocycles. The predicted octanol–water partition coefficient (Wildman–Crippen LogP) is 0.712. The molecule has 0 spiro atoms. The fraction of sp³-hybridized carbons (Fsp3) is 0.700. The van der Waals surface area contributed by atoms with Gasteiger partial charge in [0.15, 0.2) is 0 Å². The lowest BCUT2D eigenvalue weighted by Gasteiger charge is -2.22. The summed E-state index contributed by atoms with van der Waals surface area (Å²) < 4.78 is 2.03. The van der Waals surface area contributed by atoms with E-state index in [1.165, 1.54) is 0 Å². The normalized spacial score (nSPS) is 12.9. The first kappa shape index (κ1) is 11.0. The summed E-state index contributed by atoms with van der Waals surface area (Å²) in [7, 11) is 6.08. The number of rotatable bonds is 5. The second-order valence-electron chi connectivity index (χ2n) is 3.88. The Morgan fingerprint density at radius 1 is 1.64 bits per heavy atom. The summed E-state index contributed by atoms with van der Waals surface area (Å²) >= 11 is 0. The standard InChI is InChI=1S/C10H20N4/c1-9(7-11-2)8-14(4)10-12-5-6-13(10)3/h5-6,9,11H,7-8H2,1-4H3. The van der Waals surface area contributed by atoms with Gasteiger partial charge < -0.3 is 14.8 Å². The molecule has 14 heavy (non-hydrogen) atoms. The zero-order valence-corrected chi connectivity index (χ0v) is 9.49. The van der Waals surface area contributed by atoms with Crippen LogP contribution in [0.25, 0.3) is 0 Å². The van der Waals surface area contributed by atoms with Gasteiger partial charge in [-0.15, -0.1) is 0 Å². The van der Waals surface area contributed by atoms with Gasteiger partial charge in [0.1, 0.15) is 0 Å². The lowest BCUT2D eigenvalue weighted by molar-refractivity contribution is 0.536. The third-order valence-corrected chi connectivity index (χ3v) is 2.28. The Hall–Kier alpha value is -1.03. The summed E-state index contributed by atoms with van der Waals surface area (Å²) in [5.74, 6) is 1.65. The minimum absolute atomic E-state index is 0.627. The summed E-state index contributed by atoms with van der Waals surface area (Å²) in [4.78, 5) is 6.48. The van der Waals surface area contributed by atoms with Crippen molar-refractivity contribution < 1.29 is 0 Å². The van der Waals surface area contributed by atoms with E-state index in [0.29, 0.717) is 5.92 Å². The number of imidazole rings is 1. The van der Waals surface area contributed by atoms with Gasteiger partial charge in [0, 0.05) is 33.0 Å². The Labute approximate surface area is 85.9 Å². The van der Waals surface area contributed by atoms with Gasteiger partial charge in [-0.1, -0.05) is 6.92 Å². The summed E-state index contributed by atoms with van der Waals surface area (Å²) in [5.41, 5.74) is 0. The molecular formula is C10H20N4. The topological polar surface area (TPSA) is 33.1 Å². The number of aromatic nitrogens is 2. The molecule has 0 aromatic carbocycles. The summed E-state index contributed by atoms with van der Waals surface area (Å²) in [6.07, 6.45) is 3.79. The van der Waals surface area contributed by atoms with Gasteiger partial charge >= 0.3 is 0 Å². The Morgan fingerprint density at radius 3 is 2.86 bits per heavy atom. The summed E-state index contributed by atoms with van der Waals surface area (Å²) in [6.45, 7) is 4.29. The molecule has 4 nitrogen and oxygen atoms in total. The molecule has 0 fully saturated rings. The fourth-order valence-corrected chi connectivity index (χ4v) is 1.69. The molecule has 0 aliphatic carbocycles. The molecule has 1 heterocycles. The number of nitrogens with one attached hydrogen (secondary N) is 1. The van der Waals surface area contributed by atoms with Crippen molar-refractivity contribution in [1.29, 1.82) is 0 Å². The van der Waals surface area contributed by atoms with Crippen molar-refractivity contribution in [2.75, 3.05) is 32.1 Å². The molecule has 0 saturated heterocycles. The molecule has 1 aromatic rings. The van der Waals surface area contributed by atoms with E-state index in [0.717, 1.165) is 19.0 Å². The highest BCUT2D eigenvalue weighted by molar-refractivity contribution is 5.29. The Bertz CT molecular complexity index is 269. The van der Waals surface area contributed by atoms with E-state index in [1.54, 1.807) is 0 Å². The fourth-order valence-electron chi connectivity index (χ4n) is 1.69. The number of aryl methyl sites for hydroxylation is 1.